The largest absolute Gasteiger partial charge is 0.381 e. The second kappa shape index (κ2) is 6.96. The maximum atomic E-state index is 6.14. The third kappa shape index (κ3) is 3.53. The molecule has 2 aromatic heterocycles. The van der Waals surface area contributed by atoms with E-state index in [0.717, 1.165) is 23.8 Å². The minimum atomic E-state index is 0.343. The Morgan fingerprint density at radius 1 is 1.16 bits per heavy atom. The molecule has 2 aliphatic rings. The number of hydrogen-bond acceptors (Lipinski definition) is 7. The van der Waals surface area contributed by atoms with Crippen LogP contribution in [0.1, 0.15) is 38.5 Å². The Hall–Kier alpha value is -1.60. The van der Waals surface area contributed by atoms with Crippen LogP contribution in [0.15, 0.2) is 28.4 Å². The van der Waals surface area contributed by atoms with Crippen LogP contribution in [-0.4, -0.2) is 33.3 Å². The number of aromatic nitrogens is 4. The van der Waals surface area contributed by atoms with Gasteiger partial charge in [-0.2, -0.15) is 5.10 Å². The van der Waals surface area contributed by atoms with E-state index in [1.54, 1.807) is 12.3 Å². The molecule has 1 aliphatic carbocycles. The summed E-state index contributed by atoms with van der Waals surface area (Å²) in [7, 11) is 0. The van der Waals surface area contributed by atoms with Gasteiger partial charge in [-0.3, -0.25) is 0 Å². The summed E-state index contributed by atoms with van der Waals surface area (Å²) in [6.45, 7) is 2.08. The second-order valence-corrected chi connectivity index (χ2v) is 8.29. The molecule has 0 atom stereocenters. The van der Waals surface area contributed by atoms with Gasteiger partial charge in [-0.05, 0) is 37.2 Å². The predicted octanol–water partition coefficient (Wildman–Crippen LogP) is 3.81. The van der Waals surface area contributed by atoms with Crippen molar-refractivity contribution in [2.45, 2.75) is 48.4 Å². The normalized spacial score (nSPS) is 19.5. The van der Waals surface area contributed by atoms with E-state index in [4.69, 9.17) is 17.3 Å². The van der Waals surface area contributed by atoms with Gasteiger partial charge in [0.2, 0.25) is 0 Å². The molecule has 2 N–H and O–H groups in total. The van der Waals surface area contributed by atoms with Crippen LogP contribution in [0.25, 0.3) is 0 Å². The Morgan fingerprint density at radius 2 is 1.92 bits per heavy atom. The highest BCUT2D eigenvalue weighted by Crippen LogP contribution is 2.46. The minimum Gasteiger partial charge on any atom is -0.381 e. The summed E-state index contributed by atoms with van der Waals surface area (Å²) < 4.78 is 0. The number of hydrogen-bond donors (Lipinski definition) is 1. The second-order valence-electron chi connectivity index (χ2n) is 6.90. The van der Waals surface area contributed by atoms with Crippen LogP contribution < -0.4 is 10.6 Å². The lowest BCUT2D eigenvalue weighted by molar-refractivity contribution is 0.226. The first kappa shape index (κ1) is 16.8. The fraction of sp³-hybridized carbons (Fsp3) is 0.529. The van der Waals surface area contributed by atoms with E-state index >= 15 is 0 Å². The van der Waals surface area contributed by atoms with E-state index in [1.165, 1.54) is 50.3 Å². The zero-order chi connectivity index (χ0) is 17.3. The van der Waals surface area contributed by atoms with Crippen LogP contribution >= 0.6 is 23.4 Å². The van der Waals surface area contributed by atoms with Gasteiger partial charge in [0.1, 0.15) is 10.8 Å². The predicted molar refractivity (Wildman–Crippen MR) is 100.0 cm³/mol. The highest BCUT2D eigenvalue weighted by molar-refractivity contribution is 7.99. The van der Waals surface area contributed by atoms with Crippen LogP contribution in [0.2, 0.25) is 5.15 Å². The monoisotopic (exact) mass is 376 g/mol. The molecule has 2 fully saturated rings. The molecule has 0 unspecified atom stereocenters. The smallest absolute Gasteiger partial charge is 0.165 e. The molecule has 1 spiro atoms. The maximum Gasteiger partial charge on any atom is 0.165 e. The van der Waals surface area contributed by atoms with E-state index in [1.807, 2.05) is 6.20 Å². The van der Waals surface area contributed by atoms with Crippen molar-refractivity contribution < 1.29 is 0 Å². The Kier molecular flexibility index (Phi) is 4.69. The number of nitrogens with two attached hydrogens (primary N) is 1. The lowest BCUT2D eigenvalue weighted by Crippen LogP contribution is -2.39. The van der Waals surface area contributed by atoms with E-state index < -0.39 is 0 Å². The summed E-state index contributed by atoms with van der Waals surface area (Å²) in [6, 6.07) is 1.79. The zero-order valence-electron chi connectivity index (χ0n) is 14.0. The molecule has 2 aromatic rings. The zero-order valence-corrected chi connectivity index (χ0v) is 15.6. The number of anilines is 2. The fourth-order valence-corrected chi connectivity index (χ4v) is 4.87. The molecule has 1 saturated carbocycles. The third-order valence-electron chi connectivity index (χ3n) is 5.41. The van der Waals surface area contributed by atoms with Gasteiger partial charge in [-0.25, -0.2) is 9.97 Å². The SMILES string of the molecule is Nc1nc(N2CCC3(CCCC3)CC2)cnc1Sc1ccnnc1Cl. The van der Waals surface area contributed by atoms with Crippen LogP contribution in [0.3, 0.4) is 0 Å². The lowest BCUT2D eigenvalue weighted by Gasteiger charge is -2.39. The Labute approximate surface area is 156 Å². The van der Waals surface area contributed by atoms with Gasteiger partial charge >= 0.3 is 0 Å². The average molecular weight is 377 g/mol. The van der Waals surface area contributed by atoms with Crippen molar-refractivity contribution >= 4 is 35.0 Å². The highest BCUT2D eigenvalue weighted by atomic mass is 35.5. The van der Waals surface area contributed by atoms with Gasteiger partial charge in [0.05, 0.1) is 17.3 Å². The molecule has 3 heterocycles. The number of halogens is 1. The van der Waals surface area contributed by atoms with Crippen molar-refractivity contribution in [3.63, 3.8) is 0 Å². The van der Waals surface area contributed by atoms with Gasteiger partial charge in [0.25, 0.3) is 0 Å². The topological polar surface area (TPSA) is 80.8 Å². The van der Waals surface area contributed by atoms with Crippen LogP contribution in [0.4, 0.5) is 11.6 Å². The summed E-state index contributed by atoms with van der Waals surface area (Å²) in [6.07, 6.45) is 11.5. The van der Waals surface area contributed by atoms with Gasteiger partial charge < -0.3 is 10.6 Å². The number of nitrogen functional groups attached to an aromatic ring is 1. The van der Waals surface area contributed by atoms with Crippen molar-refractivity contribution in [2.24, 2.45) is 5.41 Å². The maximum absolute atomic E-state index is 6.14. The first-order chi connectivity index (χ1) is 12.2. The van der Waals surface area contributed by atoms with E-state index in [2.05, 4.69) is 25.1 Å². The van der Waals surface area contributed by atoms with Gasteiger partial charge in [0, 0.05) is 13.1 Å². The van der Waals surface area contributed by atoms with Crippen molar-refractivity contribution in [3.8, 4) is 0 Å². The molecule has 4 rings (SSSR count). The van der Waals surface area contributed by atoms with E-state index in [0.29, 0.717) is 21.4 Å². The molecule has 0 radical (unpaired) electrons. The highest BCUT2D eigenvalue weighted by Gasteiger charge is 2.37. The molecule has 1 saturated heterocycles. The fourth-order valence-electron chi connectivity index (χ4n) is 3.93. The number of nitrogens with zero attached hydrogens (tertiary/aromatic N) is 5. The minimum absolute atomic E-state index is 0.343. The third-order valence-corrected chi connectivity index (χ3v) is 6.86. The molecule has 6 nitrogen and oxygen atoms in total. The van der Waals surface area contributed by atoms with Crippen molar-refractivity contribution in [2.75, 3.05) is 23.7 Å². The average Bonchev–Trinajstić information content (AvgIpc) is 3.07. The number of piperidine rings is 1. The molecule has 25 heavy (non-hydrogen) atoms. The summed E-state index contributed by atoms with van der Waals surface area (Å²) in [5, 5.41) is 8.56. The Bertz CT molecular complexity index is 755. The molecule has 0 bridgehead atoms. The van der Waals surface area contributed by atoms with E-state index in [-0.39, 0.29) is 0 Å². The van der Waals surface area contributed by atoms with Crippen LogP contribution in [-0.2, 0) is 0 Å². The summed E-state index contributed by atoms with van der Waals surface area (Å²) in [5.74, 6) is 1.30. The molecule has 132 valence electrons. The van der Waals surface area contributed by atoms with Crippen molar-refractivity contribution in [1.29, 1.82) is 0 Å². The van der Waals surface area contributed by atoms with Crippen LogP contribution in [0, 0.1) is 5.41 Å². The molecular weight excluding hydrogens is 356 g/mol. The molecule has 0 amide bonds. The quantitative estimate of drug-likeness (QED) is 0.871. The van der Waals surface area contributed by atoms with Crippen LogP contribution in [0.5, 0.6) is 0 Å². The Morgan fingerprint density at radius 3 is 2.60 bits per heavy atom. The molecule has 0 aromatic carbocycles. The molecule has 8 heteroatoms. The van der Waals surface area contributed by atoms with Crippen molar-refractivity contribution in [1.82, 2.24) is 20.2 Å². The van der Waals surface area contributed by atoms with E-state index in [9.17, 15) is 0 Å². The molecular formula is C17H21ClN6S. The summed E-state index contributed by atoms with van der Waals surface area (Å²) in [4.78, 5) is 12.2. The van der Waals surface area contributed by atoms with Crippen molar-refractivity contribution in [3.05, 3.63) is 23.6 Å². The summed E-state index contributed by atoms with van der Waals surface area (Å²) >= 11 is 7.41. The van der Waals surface area contributed by atoms with Gasteiger partial charge in [-0.1, -0.05) is 36.2 Å². The first-order valence-electron chi connectivity index (χ1n) is 8.68. The van der Waals surface area contributed by atoms with Gasteiger partial charge in [-0.15, -0.1) is 5.10 Å². The Balaban J connectivity index is 1.46. The number of rotatable bonds is 3. The summed E-state index contributed by atoms with van der Waals surface area (Å²) in [5.41, 5.74) is 6.73. The van der Waals surface area contributed by atoms with Gasteiger partial charge in [0.15, 0.2) is 11.0 Å². The lowest BCUT2D eigenvalue weighted by atomic mass is 9.77. The standard InChI is InChI=1S/C17H21ClN6S/c18-14-12(3-8-21-23-14)25-16-15(19)22-13(11-20-16)24-9-6-17(7-10-24)4-1-2-5-17/h3,8,11H,1-2,4-7,9-10H2,(H2,19,22). The first-order valence-corrected chi connectivity index (χ1v) is 9.87. The molecule has 1 aliphatic heterocycles.